The van der Waals surface area contributed by atoms with E-state index in [-0.39, 0.29) is 5.91 Å². The van der Waals surface area contributed by atoms with Crippen LogP contribution in [-0.2, 0) is 11.3 Å². The molecule has 0 fully saturated rings. The molecule has 0 radical (unpaired) electrons. The number of hydrogen-bond acceptors (Lipinski definition) is 2. The number of amides is 1. The highest BCUT2D eigenvalue weighted by Gasteiger charge is 2.04. The maximum atomic E-state index is 10.5. The smallest absolute Gasteiger partial charge is 0.218 e. The van der Waals surface area contributed by atoms with Crippen molar-refractivity contribution in [2.45, 2.75) is 13.0 Å². The van der Waals surface area contributed by atoms with Gasteiger partial charge in [-0.05, 0) is 12.1 Å². The van der Waals surface area contributed by atoms with Crippen LogP contribution in [0.25, 0.3) is 0 Å². The molecule has 1 amide bonds. The SMILES string of the molecule is NC(=O)CCNCc1c(Cl)cccc1Cl. The van der Waals surface area contributed by atoms with E-state index in [0.29, 0.717) is 29.6 Å². The third kappa shape index (κ3) is 4.08. The average Bonchev–Trinajstić information content (AvgIpc) is 2.15. The van der Waals surface area contributed by atoms with E-state index < -0.39 is 0 Å². The minimum atomic E-state index is -0.326. The number of halogens is 2. The Morgan fingerprint density at radius 1 is 1.33 bits per heavy atom. The van der Waals surface area contributed by atoms with Crippen molar-refractivity contribution in [2.24, 2.45) is 5.73 Å². The molecule has 3 N–H and O–H groups in total. The van der Waals surface area contributed by atoms with Gasteiger partial charge in [-0.2, -0.15) is 0 Å². The lowest BCUT2D eigenvalue weighted by molar-refractivity contribution is -0.117. The van der Waals surface area contributed by atoms with E-state index in [1.807, 2.05) is 0 Å². The molecular weight excluding hydrogens is 235 g/mol. The first kappa shape index (κ1) is 12.3. The molecule has 15 heavy (non-hydrogen) atoms. The molecule has 0 bridgehead atoms. The molecule has 1 rings (SSSR count). The van der Waals surface area contributed by atoms with Gasteiger partial charge in [0, 0.05) is 35.1 Å². The summed E-state index contributed by atoms with van der Waals surface area (Å²) in [4.78, 5) is 10.5. The van der Waals surface area contributed by atoms with Crippen LogP contribution in [0.1, 0.15) is 12.0 Å². The van der Waals surface area contributed by atoms with E-state index in [9.17, 15) is 4.79 Å². The highest BCUT2D eigenvalue weighted by atomic mass is 35.5. The first-order valence-electron chi connectivity index (χ1n) is 4.53. The molecule has 0 unspecified atom stereocenters. The third-order valence-electron chi connectivity index (χ3n) is 1.91. The third-order valence-corrected chi connectivity index (χ3v) is 2.62. The summed E-state index contributed by atoms with van der Waals surface area (Å²) in [5.74, 6) is -0.326. The molecule has 1 aromatic carbocycles. The summed E-state index contributed by atoms with van der Waals surface area (Å²) in [5.41, 5.74) is 5.84. The average molecular weight is 247 g/mol. The molecule has 1 aromatic rings. The van der Waals surface area contributed by atoms with E-state index in [0.717, 1.165) is 5.56 Å². The van der Waals surface area contributed by atoms with Crippen LogP contribution >= 0.6 is 23.2 Å². The largest absolute Gasteiger partial charge is 0.370 e. The van der Waals surface area contributed by atoms with E-state index >= 15 is 0 Å². The minimum absolute atomic E-state index is 0.308. The van der Waals surface area contributed by atoms with Crippen LogP contribution < -0.4 is 11.1 Å². The lowest BCUT2D eigenvalue weighted by atomic mass is 10.2. The van der Waals surface area contributed by atoms with Crippen molar-refractivity contribution in [1.29, 1.82) is 0 Å². The zero-order valence-corrected chi connectivity index (χ0v) is 9.61. The van der Waals surface area contributed by atoms with Gasteiger partial charge in [0.2, 0.25) is 5.91 Å². The maximum Gasteiger partial charge on any atom is 0.218 e. The Hall–Kier alpha value is -0.770. The summed E-state index contributed by atoms with van der Waals surface area (Å²) in [6.07, 6.45) is 0.308. The van der Waals surface area contributed by atoms with Crippen molar-refractivity contribution >= 4 is 29.1 Å². The van der Waals surface area contributed by atoms with Gasteiger partial charge in [-0.25, -0.2) is 0 Å². The minimum Gasteiger partial charge on any atom is -0.370 e. The molecule has 0 saturated heterocycles. The predicted molar refractivity (Wildman–Crippen MR) is 62.0 cm³/mol. The zero-order chi connectivity index (χ0) is 11.3. The molecule has 0 aliphatic rings. The standard InChI is InChI=1S/C10H12Cl2N2O/c11-8-2-1-3-9(12)7(8)6-14-5-4-10(13)15/h1-3,14H,4-6H2,(H2,13,15). The predicted octanol–water partition coefficient (Wildman–Crippen LogP) is 1.96. The Bertz CT molecular complexity index is 335. The summed E-state index contributed by atoms with van der Waals surface area (Å²) in [7, 11) is 0. The molecule has 0 saturated carbocycles. The summed E-state index contributed by atoms with van der Waals surface area (Å²) in [6.45, 7) is 1.06. The fourth-order valence-electron chi connectivity index (χ4n) is 1.13. The van der Waals surface area contributed by atoms with Crippen molar-refractivity contribution in [3.05, 3.63) is 33.8 Å². The number of nitrogens with two attached hydrogens (primary N) is 1. The van der Waals surface area contributed by atoms with Gasteiger partial charge in [0.15, 0.2) is 0 Å². The summed E-state index contributed by atoms with van der Waals surface area (Å²) < 4.78 is 0. The first-order chi connectivity index (χ1) is 7.11. The van der Waals surface area contributed by atoms with Crippen LogP contribution in [0.4, 0.5) is 0 Å². The summed E-state index contributed by atoms with van der Waals surface area (Å²) >= 11 is 11.9. The fraction of sp³-hybridized carbons (Fsp3) is 0.300. The Morgan fingerprint density at radius 3 is 2.47 bits per heavy atom. The Labute approximate surface area is 98.5 Å². The number of hydrogen-bond donors (Lipinski definition) is 2. The van der Waals surface area contributed by atoms with Crippen LogP contribution in [0.15, 0.2) is 18.2 Å². The molecule has 5 heteroatoms. The first-order valence-corrected chi connectivity index (χ1v) is 5.28. The lowest BCUT2D eigenvalue weighted by Crippen LogP contribution is -2.21. The monoisotopic (exact) mass is 246 g/mol. The number of carbonyl (C=O) groups excluding carboxylic acids is 1. The van der Waals surface area contributed by atoms with E-state index in [2.05, 4.69) is 5.32 Å². The van der Waals surface area contributed by atoms with Crippen LogP contribution in [-0.4, -0.2) is 12.5 Å². The second-order valence-corrected chi connectivity index (χ2v) is 3.91. The van der Waals surface area contributed by atoms with Gasteiger partial charge in [0.1, 0.15) is 0 Å². The van der Waals surface area contributed by atoms with Crippen molar-refractivity contribution in [1.82, 2.24) is 5.32 Å². The Morgan fingerprint density at radius 2 is 1.93 bits per heavy atom. The van der Waals surface area contributed by atoms with Crippen molar-refractivity contribution in [3.8, 4) is 0 Å². The van der Waals surface area contributed by atoms with Crippen LogP contribution in [0, 0.1) is 0 Å². The molecule has 0 atom stereocenters. The van der Waals surface area contributed by atoms with Crippen LogP contribution in [0.3, 0.4) is 0 Å². The quantitative estimate of drug-likeness (QED) is 0.781. The summed E-state index contributed by atoms with van der Waals surface area (Å²) in [5, 5.41) is 4.28. The van der Waals surface area contributed by atoms with Gasteiger partial charge >= 0.3 is 0 Å². The second kappa shape index (κ2) is 5.95. The number of nitrogens with one attached hydrogen (secondary N) is 1. The molecule has 0 spiro atoms. The molecule has 0 aromatic heterocycles. The lowest BCUT2D eigenvalue weighted by Gasteiger charge is -2.07. The number of rotatable bonds is 5. The maximum absolute atomic E-state index is 10.5. The molecule has 82 valence electrons. The van der Waals surface area contributed by atoms with E-state index in [1.165, 1.54) is 0 Å². The van der Waals surface area contributed by atoms with Crippen molar-refractivity contribution in [2.75, 3.05) is 6.54 Å². The van der Waals surface area contributed by atoms with Crippen LogP contribution in [0.2, 0.25) is 10.0 Å². The zero-order valence-electron chi connectivity index (χ0n) is 8.09. The second-order valence-electron chi connectivity index (χ2n) is 3.09. The number of benzene rings is 1. The Kier molecular flexibility index (Phi) is 4.88. The van der Waals surface area contributed by atoms with Gasteiger partial charge in [-0.15, -0.1) is 0 Å². The van der Waals surface area contributed by atoms with Gasteiger partial charge in [-0.1, -0.05) is 29.3 Å². The fourth-order valence-corrected chi connectivity index (χ4v) is 1.66. The molecule has 0 aliphatic carbocycles. The van der Waals surface area contributed by atoms with E-state index in [1.54, 1.807) is 18.2 Å². The molecular formula is C10H12Cl2N2O. The van der Waals surface area contributed by atoms with Crippen molar-refractivity contribution < 1.29 is 4.79 Å². The van der Waals surface area contributed by atoms with Crippen LogP contribution in [0.5, 0.6) is 0 Å². The van der Waals surface area contributed by atoms with Crippen molar-refractivity contribution in [3.63, 3.8) is 0 Å². The molecule has 0 heterocycles. The van der Waals surface area contributed by atoms with Gasteiger partial charge in [-0.3, -0.25) is 4.79 Å². The highest BCUT2D eigenvalue weighted by molar-refractivity contribution is 6.35. The number of primary amides is 1. The molecule has 0 aliphatic heterocycles. The van der Waals surface area contributed by atoms with Gasteiger partial charge in [0.25, 0.3) is 0 Å². The van der Waals surface area contributed by atoms with Gasteiger partial charge in [0.05, 0.1) is 0 Å². The van der Waals surface area contributed by atoms with E-state index in [4.69, 9.17) is 28.9 Å². The highest BCUT2D eigenvalue weighted by Crippen LogP contribution is 2.23. The summed E-state index contributed by atoms with van der Waals surface area (Å²) in [6, 6.07) is 5.34. The Balaban J connectivity index is 2.47. The molecule has 3 nitrogen and oxygen atoms in total. The topological polar surface area (TPSA) is 55.1 Å². The van der Waals surface area contributed by atoms with Gasteiger partial charge < -0.3 is 11.1 Å². The number of carbonyl (C=O) groups is 1. The normalized spacial score (nSPS) is 10.3.